The largest absolute Gasteiger partial charge is 0.332 e. The predicted molar refractivity (Wildman–Crippen MR) is 39.2 cm³/mol. The van der Waals surface area contributed by atoms with Crippen molar-refractivity contribution in [2.24, 2.45) is 0 Å². The number of aromatic amines is 1. The molecule has 12 heavy (non-hydrogen) atoms. The number of hydrogen-bond acceptors (Lipinski definition) is 5. The summed E-state index contributed by atoms with van der Waals surface area (Å²) in [6.07, 6.45) is 1.49. The maximum absolute atomic E-state index is 5.47. The maximum Gasteiger partial charge on any atom is 0.280 e. The maximum atomic E-state index is 5.47. The molecule has 0 unspecified atom stereocenters. The molecule has 6 nitrogen and oxygen atoms in total. The third kappa shape index (κ3) is 1.16. The normalized spacial score (nSPS) is 10.4. The number of aromatic nitrogens is 5. The van der Waals surface area contributed by atoms with Crippen LogP contribution in [-0.4, -0.2) is 25.6 Å². The summed E-state index contributed by atoms with van der Waals surface area (Å²) in [6, 6.07) is 0. The Morgan fingerprint density at radius 2 is 2.50 bits per heavy atom. The van der Waals surface area contributed by atoms with Gasteiger partial charge < -0.3 is 4.52 Å². The third-order valence-corrected chi connectivity index (χ3v) is 1.46. The van der Waals surface area contributed by atoms with Crippen LogP contribution in [0.3, 0.4) is 0 Å². The van der Waals surface area contributed by atoms with E-state index < -0.39 is 0 Å². The summed E-state index contributed by atoms with van der Waals surface area (Å²) in [5.41, 5.74) is 0.513. The summed E-state index contributed by atoms with van der Waals surface area (Å²) in [5, 5.41) is 13.4. The van der Waals surface area contributed by atoms with Crippen molar-refractivity contribution >= 4 is 11.6 Å². The first-order valence-electron chi connectivity index (χ1n) is 3.15. The smallest absolute Gasteiger partial charge is 0.280 e. The van der Waals surface area contributed by atoms with Crippen molar-refractivity contribution in [3.05, 3.63) is 12.0 Å². The number of rotatable bonds is 2. The van der Waals surface area contributed by atoms with Crippen molar-refractivity contribution in [1.82, 2.24) is 25.6 Å². The SMILES string of the molecule is ClCc1noc(-c2cn[nH]n2)n1. The van der Waals surface area contributed by atoms with Crippen LogP contribution in [0.25, 0.3) is 11.6 Å². The Kier molecular flexibility index (Phi) is 1.75. The molecule has 2 rings (SSSR count). The minimum atomic E-state index is 0.224. The molecule has 0 aliphatic rings. The Morgan fingerprint density at radius 3 is 3.08 bits per heavy atom. The number of nitrogens with zero attached hydrogens (tertiary/aromatic N) is 4. The van der Waals surface area contributed by atoms with E-state index in [0.29, 0.717) is 17.4 Å². The fraction of sp³-hybridized carbons (Fsp3) is 0.200. The van der Waals surface area contributed by atoms with Crippen LogP contribution >= 0.6 is 11.6 Å². The van der Waals surface area contributed by atoms with Gasteiger partial charge in [-0.1, -0.05) is 5.16 Å². The quantitative estimate of drug-likeness (QED) is 0.693. The number of hydrogen-bond donors (Lipinski definition) is 1. The first kappa shape index (κ1) is 7.23. The second-order valence-corrected chi connectivity index (χ2v) is 2.27. The standard InChI is InChI=1S/C5H4ClN5O/c6-1-4-8-5(12-10-4)3-2-7-11-9-3/h2H,1H2,(H,7,9,11). The van der Waals surface area contributed by atoms with Gasteiger partial charge in [0.25, 0.3) is 5.89 Å². The van der Waals surface area contributed by atoms with Gasteiger partial charge in [-0.2, -0.15) is 20.4 Å². The third-order valence-electron chi connectivity index (χ3n) is 1.22. The van der Waals surface area contributed by atoms with E-state index in [-0.39, 0.29) is 5.88 Å². The van der Waals surface area contributed by atoms with Crippen LogP contribution in [0.4, 0.5) is 0 Å². The molecule has 0 radical (unpaired) electrons. The van der Waals surface area contributed by atoms with Crippen molar-refractivity contribution in [3.63, 3.8) is 0 Å². The summed E-state index contributed by atoms with van der Waals surface area (Å²) in [5.74, 6) is 0.982. The molecular weight excluding hydrogens is 182 g/mol. The molecule has 0 spiro atoms. The lowest BCUT2D eigenvalue weighted by Gasteiger charge is -1.78. The summed E-state index contributed by atoms with van der Waals surface area (Å²) >= 11 is 5.47. The van der Waals surface area contributed by atoms with Crippen LogP contribution < -0.4 is 0 Å². The van der Waals surface area contributed by atoms with Crippen LogP contribution in [0, 0.1) is 0 Å². The monoisotopic (exact) mass is 185 g/mol. The van der Waals surface area contributed by atoms with Crippen LogP contribution in [0.1, 0.15) is 5.82 Å². The van der Waals surface area contributed by atoms with Gasteiger partial charge in [0.15, 0.2) is 11.5 Å². The summed E-state index contributed by atoms with van der Waals surface area (Å²) in [7, 11) is 0. The van der Waals surface area contributed by atoms with Gasteiger partial charge in [-0.25, -0.2) is 0 Å². The second kappa shape index (κ2) is 2.90. The van der Waals surface area contributed by atoms with E-state index >= 15 is 0 Å². The Morgan fingerprint density at radius 1 is 1.58 bits per heavy atom. The molecule has 2 heterocycles. The molecule has 0 saturated carbocycles. The van der Waals surface area contributed by atoms with E-state index in [1.165, 1.54) is 6.20 Å². The Bertz CT molecular complexity index is 356. The molecule has 2 aromatic rings. The predicted octanol–water partition coefficient (Wildman–Crippen LogP) is 0.593. The molecule has 0 atom stereocenters. The van der Waals surface area contributed by atoms with Crippen LogP contribution in [0.5, 0.6) is 0 Å². The Labute approximate surface area is 71.9 Å². The van der Waals surface area contributed by atoms with Crippen LogP contribution in [-0.2, 0) is 5.88 Å². The molecule has 62 valence electrons. The number of nitrogens with one attached hydrogen (secondary N) is 1. The van der Waals surface area contributed by atoms with Gasteiger partial charge in [0, 0.05) is 0 Å². The zero-order valence-electron chi connectivity index (χ0n) is 5.86. The molecule has 1 N–H and O–H groups in total. The summed E-state index contributed by atoms with van der Waals surface area (Å²) in [6.45, 7) is 0. The van der Waals surface area contributed by atoms with Gasteiger partial charge >= 0.3 is 0 Å². The lowest BCUT2D eigenvalue weighted by Crippen LogP contribution is -1.80. The van der Waals surface area contributed by atoms with Gasteiger partial charge in [0.1, 0.15) is 0 Å². The van der Waals surface area contributed by atoms with E-state index in [1.54, 1.807) is 0 Å². The van der Waals surface area contributed by atoms with E-state index in [1.807, 2.05) is 0 Å². The number of halogens is 1. The van der Waals surface area contributed by atoms with E-state index in [0.717, 1.165) is 0 Å². The van der Waals surface area contributed by atoms with Crippen molar-refractivity contribution < 1.29 is 4.52 Å². The highest BCUT2D eigenvalue weighted by atomic mass is 35.5. The van der Waals surface area contributed by atoms with Gasteiger partial charge in [0.05, 0.1) is 12.1 Å². The highest BCUT2D eigenvalue weighted by Crippen LogP contribution is 2.12. The molecule has 0 aliphatic carbocycles. The molecule has 0 bridgehead atoms. The molecule has 0 fully saturated rings. The second-order valence-electron chi connectivity index (χ2n) is 2.00. The summed E-state index contributed by atoms with van der Waals surface area (Å²) < 4.78 is 4.83. The molecule has 0 aliphatic heterocycles. The molecular formula is C5H4ClN5O. The van der Waals surface area contributed by atoms with Crippen molar-refractivity contribution in [2.75, 3.05) is 0 Å². The van der Waals surface area contributed by atoms with Gasteiger partial charge in [-0.3, -0.25) is 0 Å². The van der Waals surface area contributed by atoms with Crippen molar-refractivity contribution in [2.45, 2.75) is 5.88 Å². The number of alkyl halides is 1. The van der Waals surface area contributed by atoms with Gasteiger partial charge in [-0.05, 0) is 0 Å². The average molecular weight is 186 g/mol. The van der Waals surface area contributed by atoms with Crippen LogP contribution in [0.2, 0.25) is 0 Å². The van der Waals surface area contributed by atoms with E-state index in [9.17, 15) is 0 Å². The topological polar surface area (TPSA) is 80.5 Å². The van der Waals surface area contributed by atoms with Gasteiger partial charge in [-0.15, -0.1) is 11.6 Å². The lowest BCUT2D eigenvalue weighted by molar-refractivity contribution is 0.423. The van der Waals surface area contributed by atoms with Crippen LogP contribution in [0.15, 0.2) is 10.7 Å². The first-order valence-corrected chi connectivity index (χ1v) is 3.68. The summed E-state index contributed by atoms with van der Waals surface area (Å²) in [4.78, 5) is 3.94. The van der Waals surface area contributed by atoms with Crippen molar-refractivity contribution in [3.8, 4) is 11.6 Å². The molecule has 7 heteroatoms. The molecule has 0 amide bonds. The van der Waals surface area contributed by atoms with E-state index in [2.05, 4.69) is 25.6 Å². The minimum absolute atomic E-state index is 0.224. The highest BCUT2D eigenvalue weighted by molar-refractivity contribution is 6.16. The molecule has 2 aromatic heterocycles. The fourth-order valence-corrected chi connectivity index (χ4v) is 0.825. The van der Waals surface area contributed by atoms with Gasteiger partial charge in [0.2, 0.25) is 0 Å². The number of H-pyrrole nitrogens is 1. The molecule has 0 aromatic carbocycles. The highest BCUT2D eigenvalue weighted by Gasteiger charge is 2.09. The average Bonchev–Trinajstić information content (AvgIpc) is 2.75. The Balaban J connectivity index is 2.35. The lowest BCUT2D eigenvalue weighted by atomic mass is 10.5. The zero-order chi connectivity index (χ0) is 8.39. The zero-order valence-corrected chi connectivity index (χ0v) is 6.62. The Hall–Kier alpha value is -1.43. The first-order chi connectivity index (χ1) is 5.90. The molecule has 0 saturated heterocycles. The minimum Gasteiger partial charge on any atom is -0.332 e. The fourth-order valence-electron chi connectivity index (χ4n) is 0.717. The van der Waals surface area contributed by atoms with Crippen molar-refractivity contribution in [1.29, 1.82) is 0 Å². The van der Waals surface area contributed by atoms with E-state index in [4.69, 9.17) is 16.1 Å².